The van der Waals surface area contributed by atoms with Gasteiger partial charge in [-0.2, -0.15) is 0 Å². The van der Waals surface area contributed by atoms with Gasteiger partial charge in [0.25, 0.3) is 0 Å². The molecule has 1 aromatic heterocycles. The summed E-state index contributed by atoms with van der Waals surface area (Å²) in [6.45, 7) is 11.4. The molecule has 118 valence electrons. The number of carbonyl (C=O) groups is 2. The van der Waals surface area contributed by atoms with Crippen molar-refractivity contribution in [2.24, 2.45) is 0 Å². The fourth-order valence-electron chi connectivity index (χ4n) is 2.54. The molecule has 1 heterocycles. The summed E-state index contributed by atoms with van der Waals surface area (Å²) >= 11 is 0. The minimum Gasteiger partial charge on any atom is -0.461 e. The zero-order valence-corrected chi connectivity index (χ0v) is 13.7. The van der Waals surface area contributed by atoms with Crippen LogP contribution >= 0.6 is 0 Å². The molecular formula is C16H26N2O3. The minimum absolute atomic E-state index is 0.151. The number of amides is 1. The van der Waals surface area contributed by atoms with Crippen LogP contribution in [-0.2, 0) is 16.0 Å². The molecule has 1 aromatic rings. The van der Waals surface area contributed by atoms with Crippen molar-refractivity contribution in [1.29, 1.82) is 0 Å². The molecule has 0 aliphatic heterocycles. The van der Waals surface area contributed by atoms with Crippen LogP contribution in [0.25, 0.3) is 0 Å². The van der Waals surface area contributed by atoms with E-state index in [2.05, 4.69) is 4.98 Å². The Bertz CT molecular complexity index is 502. The lowest BCUT2D eigenvalue weighted by Crippen LogP contribution is -2.30. The lowest BCUT2D eigenvalue weighted by molar-refractivity contribution is -0.130. The Morgan fingerprint density at radius 2 is 1.76 bits per heavy atom. The molecule has 0 unspecified atom stereocenters. The molecule has 1 N–H and O–H groups in total. The molecule has 0 bridgehead atoms. The van der Waals surface area contributed by atoms with Crippen LogP contribution in [0.2, 0.25) is 0 Å². The highest BCUT2D eigenvalue weighted by Crippen LogP contribution is 2.20. The van der Waals surface area contributed by atoms with Crippen molar-refractivity contribution < 1.29 is 14.3 Å². The summed E-state index contributed by atoms with van der Waals surface area (Å²) in [5.74, 6) is -0.183. The van der Waals surface area contributed by atoms with Crippen molar-refractivity contribution in [3.8, 4) is 0 Å². The summed E-state index contributed by atoms with van der Waals surface area (Å²) < 4.78 is 5.03. The van der Waals surface area contributed by atoms with Gasteiger partial charge in [-0.25, -0.2) is 4.79 Å². The molecule has 0 radical (unpaired) electrons. The Balaban J connectivity index is 2.81. The van der Waals surface area contributed by atoms with E-state index >= 15 is 0 Å². The number of rotatable bonds is 7. The first-order valence-electron chi connectivity index (χ1n) is 7.59. The smallest absolute Gasteiger partial charge is 0.355 e. The molecule has 1 rings (SSSR count). The zero-order chi connectivity index (χ0) is 16.0. The molecule has 21 heavy (non-hydrogen) atoms. The number of esters is 1. The lowest BCUT2D eigenvalue weighted by Gasteiger charge is -2.18. The van der Waals surface area contributed by atoms with Gasteiger partial charge >= 0.3 is 5.97 Å². The molecule has 0 aliphatic rings. The molecule has 0 aromatic carbocycles. The molecule has 5 nitrogen and oxygen atoms in total. The number of hydrogen-bond donors (Lipinski definition) is 1. The number of aryl methyl sites for hydroxylation is 1. The fraction of sp³-hybridized carbons (Fsp3) is 0.625. The number of H-pyrrole nitrogens is 1. The number of ether oxygens (including phenoxy) is 1. The average Bonchev–Trinajstić information content (AvgIpc) is 2.73. The van der Waals surface area contributed by atoms with Gasteiger partial charge in [-0.3, -0.25) is 4.79 Å². The molecular weight excluding hydrogens is 268 g/mol. The maximum absolute atomic E-state index is 12.1. The van der Waals surface area contributed by atoms with Gasteiger partial charge in [0.15, 0.2) is 0 Å². The van der Waals surface area contributed by atoms with E-state index in [9.17, 15) is 9.59 Å². The maximum Gasteiger partial charge on any atom is 0.355 e. The Hall–Kier alpha value is -1.78. The monoisotopic (exact) mass is 294 g/mol. The summed E-state index contributed by atoms with van der Waals surface area (Å²) in [7, 11) is 0. The van der Waals surface area contributed by atoms with Gasteiger partial charge in [-0.15, -0.1) is 0 Å². The largest absolute Gasteiger partial charge is 0.461 e. The van der Waals surface area contributed by atoms with Gasteiger partial charge < -0.3 is 14.6 Å². The number of hydrogen-bond acceptors (Lipinski definition) is 3. The second kappa shape index (κ2) is 7.86. The molecule has 0 saturated heterocycles. The normalized spacial score (nSPS) is 10.5. The first kappa shape index (κ1) is 17.3. The predicted octanol–water partition coefficient (Wildman–Crippen LogP) is 2.61. The van der Waals surface area contributed by atoms with Crippen LogP contribution in [0, 0.1) is 13.8 Å². The van der Waals surface area contributed by atoms with E-state index in [0.717, 1.165) is 29.9 Å². The minimum atomic E-state index is -0.334. The molecule has 0 saturated carbocycles. The molecule has 0 atom stereocenters. The third-order valence-corrected chi connectivity index (χ3v) is 3.78. The van der Waals surface area contributed by atoms with E-state index < -0.39 is 0 Å². The topological polar surface area (TPSA) is 62.4 Å². The molecule has 0 spiro atoms. The highest BCUT2D eigenvalue weighted by atomic mass is 16.5. The summed E-state index contributed by atoms with van der Waals surface area (Å²) in [6.07, 6.45) is 1.10. The van der Waals surface area contributed by atoms with Crippen molar-refractivity contribution in [3.05, 3.63) is 22.5 Å². The highest BCUT2D eigenvalue weighted by molar-refractivity contribution is 5.90. The van der Waals surface area contributed by atoms with E-state index in [1.807, 2.05) is 32.6 Å². The van der Waals surface area contributed by atoms with Gasteiger partial charge in [-0.05, 0) is 52.2 Å². The molecule has 0 aliphatic carbocycles. The quantitative estimate of drug-likeness (QED) is 0.786. The fourth-order valence-corrected chi connectivity index (χ4v) is 2.54. The predicted molar refractivity (Wildman–Crippen MR) is 82.5 cm³/mol. The van der Waals surface area contributed by atoms with Crippen LogP contribution in [-0.4, -0.2) is 41.5 Å². The average molecular weight is 294 g/mol. The molecule has 1 amide bonds. The van der Waals surface area contributed by atoms with Crippen molar-refractivity contribution >= 4 is 11.9 Å². The van der Waals surface area contributed by atoms with Crippen LogP contribution in [0.1, 0.15) is 54.5 Å². The van der Waals surface area contributed by atoms with Crippen LogP contribution in [0.5, 0.6) is 0 Å². The van der Waals surface area contributed by atoms with Crippen molar-refractivity contribution in [2.75, 3.05) is 19.7 Å². The molecule has 5 heteroatoms. The van der Waals surface area contributed by atoms with Gasteiger partial charge in [0.05, 0.1) is 6.61 Å². The number of nitrogens with zero attached hydrogens (tertiary/aromatic N) is 1. The van der Waals surface area contributed by atoms with Crippen LogP contribution in [0.15, 0.2) is 0 Å². The maximum atomic E-state index is 12.1. The Morgan fingerprint density at radius 3 is 2.29 bits per heavy atom. The third kappa shape index (κ3) is 4.09. The van der Waals surface area contributed by atoms with Gasteiger partial charge in [-0.1, -0.05) is 0 Å². The number of aromatic nitrogens is 1. The number of nitrogens with one attached hydrogen (secondary N) is 1. The second-order valence-electron chi connectivity index (χ2n) is 5.02. The summed E-state index contributed by atoms with van der Waals surface area (Å²) in [5.41, 5.74) is 3.36. The lowest BCUT2D eigenvalue weighted by atomic mass is 10.0. The van der Waals surface area contributed by atoms with Crippen LogP contribution < -0.4 is 0 Å². The first-order chi connectivity index (χ1) is 9.96. The first-order valence-corrected chi connectivity index (χ1v) is 7.59. The van der Waals surface area contributed by atoms with Crippen molar-refractivity contribution in [2.45, 2.75) is 47.5 Å². The number of aromatic amines is 1. The van der Waals surface area contributed by atoms with E-state index in [1.54, 1.807) is 6.92 Å². The zero-order valence-electron chi connectivity index (χ0n) is 13.7. The van der Waals surface area contributed by atoms with E-state index in [-0.39, 0.29) is 11.9 Å². The van der Waals surface area contributed by atoms with Crippen molar-refractivity contribution in [3.63, 3.8) is 0 Å². The summed E-state index contributed by atoms with van der Waals surface area (Å²) in [4.78, 5) is 28.8. The van der Waals surface area contributed by atoms with Gasteiger partial charge in [0.2, 0.25) is 5.91 Å². The van der Waals surface area contributed by atoms with Gasteiger partial charge in [0.1, 0.15) is 5.69 Å². The van der Waals surface area contributed by atoms with E-state index in [1.165, 1.54) is 0 Å². The highest BCUT2D eigenvalue weighted by Gasteiger charge is 2.19. The van der Waals surface area contributed by atoms with E-state index in [4.69, 9.17) is 4.74 Å². The second-order valence-corrected chi connectivity index (χ2v) is 5.02. The SMILES string of the molecule is CCOC(=O)c1[nH]c(C)c(CCC(=O)N(CC)CC)c1C. The molecule has 0 fully saturated rings. The standard InChI is InChI=1S/C16H26N2O3/c1-6-18(7-2)14(19)10-9-13-11(4)15(17-12(13)5)16(20)21-8-3/h17H,6-10H2,1-5H3. The number of carbonyl (C=O) groups excluding carboxylic acids is 2. The Kier molecular flexibility index (Phi) is 6.46. The summed E-state index contributed by atoms with van der Waals surface area (Å²) in [5, 5.41) is 0. The van der Waals surface area contributed by atoms with Crippen LogP contribution in [0.4, 0.5) is 0 Å². The Labute approximate surface area is 126 Å². The van der Waals surface area contributed by atoms with Crippen LogP contribution in [0.3, 0.4) is 0 Å². The summed E-state index contributed by atoms with van der Waals surface area (Å²) in [6, 6.07) is 0. The van der Waals surface area contributed by atoms with Crippen molar-refractivity contribution in [1.82, 2.24) is 9.88 Å². The van der Waals surface area contributed by atoms with Gasteiger partial charge in [0, 0.05) is 25.2 Å². The van der Waals surface area contributed by atoms with E-state index in [0.29, 0.717) is 25.1 Å². The third-order valence-electron chi connectivity index (χ3n) is 3.78. The Morgan fingerprint density at radius 1 is 1.14 bits per heavy atom.